The molecule has 0 N–H and O–H groups in total. The van der Waals surface area contributed by atoms with Gasteiger partial charge in [-0.05, 0) is 53.6 Å². The van der Waals surface area contributed by atoms with E-state index in [1.807, 2.05) is 0 Å². The van der Waals surface area contributed by atoms with E-state index in [1.54, 1.807) is 49.2 Å². The maximum Gasteiger partial charge on any atom is 0.197 e. The molecule has 28 heavy (non-hydrogen) atoms. The van der Waals surface area contributed by atoms with Crippen molar-refractivity contribution in [3.63, 3.8) is 0 Å². The third-order valence-electron chi connectivity index (χ3n) is 4.87. The van der Waals surface area contributed by atoms with Crippen LogP contribution in [0.15, 0.2) is 61.4 Å². The second-order valence-corrected chi connectivity index (χ2v) is 6.65. The lowest BCUT2D eigenvalue weighted by Gasteiger charge is -2.08. The lowest BCUT2D eigenvalue weighted by molar-refractivity contribution is 0.500. The van der Waals surface area contributed by atoms with Gasteiger partial charge in [0.05, 0.1) is 0 Å². The van der Waals surface area contributed by atoms with Crippen molar-refractivity contribution < 1.29 is 8.78 Å². The molecule has 138 valence electrons. The quantitative estimate of drug-likeness (QED) is 0.544. The van der Waals surface area contributed by atoms with Crippen molar-refractivity contribution in [1.82, 2.24) is 29.7 Å². The van der Waals surface area contributed by atoms with Gasteiger partial charge in [0.15, 0.2) is 23.3 Å². The predicted octanol–water partition coefficient (Wildman–Crippen LogP) is 3.67. The average molecular weight is 376 g/mol. The molecule has 1 aliphatic carbocycles. The zero-order valence-electron chi connectivity index (χ0n) is 14.6. The van der Waals surface area contributed by atoms with Crippen molar-refractivity contribution in [2.75, 3.05) is 0 Å². The number of benzene rings is 1. The van der Waals surface area contributed by atoms with E-state index in [0.717, 1.165) is 17.5 Å². The van der Waals surface area contributed by atoms with Crippen LogP contribution in [0.3, 0.4) is 0 Å². The minimum atomic E-state index is -0.903. The molecule has 3 heterocycles. The van der Waals surface area contributed by atoms with E-state index in [4.69, 9.17) is 0 Å². The third kappa shape index (κ3) is 2.92. The summed E-state index contributed by atoms with van der Waals surface area (Å²) in [6, 6.07) is 6.31. The van der Waals surface area contributed by atoms with Crippen molar-refractivity contribution in [3.8, 4) is 17.3 Å². The number of rotatable bonds is 4. The molecule has 1 aliphatic rings. The first-order chi connectivity index (χ1) is 13.7. The second-order valence-electron chi connectivity index (χ2n) is 6.65. The Labute approximate surface area is 159 Å². The lowest BCUT2D eigenvalue weighted by Crippen LogP contribution is -2.02. The van der Waals surface area contributed by atoms with Gasteiger partial charge in [-0.1, -0.05) is 0 Å². The molecule has 5 rings (SSSR count). The molecule has 4 aromatic rings. The third-order valence-corrected chi connectivity index (χ3v) is 4.87. The first-order valence-corrected chi connectivity index (χ1v) is 8.79. The van der Waals surface area contributed by atoms with Gasteiger partial charge in [0, 0.05) is 37.2 Å². The van der Waals surface area contributed by atoms with Crippen LogP contribution >= 0.6 is 0 Å². The summed E-state index contributed by atoms with van der Waals surface area (Å²) in [5.74, 6) is -0.601. The van der Waals surface area contributed by atoms with Gasteiger partial charge >= 0.3 is 0 Å². The molecule has 0 saturated heterocycles. The number of hydrogen-bond donors (Lipinski definition) is 0. The first-order valence-electron chi connectivity index (χ1n) is 8.79. The van der Waals surface area contributed by atoms with Crippen molar-refractivity contribution >= 4 is 0 Å². The molecule has 6 nitrogen and oxygen atoms in total. The van der Waals surface area contributed by atoms with Crippen LogP contribution in [0.2, 0.25) is 0 Å². The van der Waals surface area contributed by atoms with Crippen LogP contribution in [0.5, 0.6) is 0 Å². The Hall–Kier alpha value is -3.55. The number of aromatic nitrogens is 6. The highest BCUT2D eigenvalue weighted by atomic mass is 19.2. The van der Waals surface area contributed by atoms with Crippen LogP contribution in [0.1, 0.15) is 29.4 Å². The highest BCUT2D eigenvalue weighted by Crippen LogP contribution is 2.54. The molecule has 0 aliphatic heterocycles. The van der Waals surface area contributed by atoms with Gasteiger partial charge in [-0.25, -0.2) is 33.4 Å². The molecule has 1 aromatic carbocycles. The van der Waals surface area contributed by atoms with E-state index >= 15 is 0 Å². The predicted molar refractivity (Wildman–Crippen MR) is 96.6 cm³/mol. The summed E-state index contributed by atoms with van der Waals surface area (Å²) in [6.45, 7) is 0. The van der Waals surface area contributed by atoms with Crippen molar-refractivity contribution in [3.05, 3.63) is 84.2 Å². The standard InChI is InChI=1S/C20H14F2N6/c21-16-7-12(8-17(18(16)22)28-6-2-5-27-28)14-9-15(14)13-10-25-20(26-11-13)19-23-3-1-4-24-19/h1-8,10-11,14-15H,9H2/t14-,15+/m1/s1. The SMILES string of the molecule is Fc1cc([C@H]2C[C@H]2c2cnc(-c3ncccn3)nc2)cc(-n2cccn2)c1F. The van der Waals surface area contributed by atoms with Gasteiger partial charge in [0.25, 0.3) is 0 Å². The normalized spacial score (nSPS) is 18.2. The van der Waals surface area contributed by atoms with E-state index < -0.39 is 11.6 Å². The van der Waals surface area contributed by atoms with Crippen LogP contribution in [0.25, 0.3) is 17.3 Å². The van der Waals surface area contributed by atoms with Gasteiger partial charge < -0.3 is 0 Å². The zero-order valence-corrected chi connectivity index (χ0v) is 14.6. The van der Waals surface area contributed by atoms with Gasteiger partial charge in [-0.2, -0.15) is 5.10 Å². The molecule has 1 saturated carbocycles. The van der Waals surface area contributed by atoms with E-state index in [2.05, 4.69) is 25.0 Å². The fourth-order valence-electron chi connectivity index (χ4n) is 3.38. The highest BCUT2D eigenvalue weighted by Gasteiger charge is 2.40. The topological polar surface area (TPSA) is 69.4 Å². The van der Waals surface area contributed by atoms with E-state index in [0.29, 0.717) is 11.6 Å². The molecule has 1 fully saturated rings. The van der Waals surface area contributed by atoms with Crippen LogP contribution in [-0.4, -0.2) is 29.7 Å². The molecule has 0 radical (unpaired) electrons. The van der Waals surface area contributed by atoms with Gasteiger partial charge in [-0.3, -0.25) is 0 Å². The van der Waals surface area contributed by atoms with Crippen LogP contribution in [0, 0.1) is 11.6 Å². The van der Waals surface area contributed by atoms with Crippen LogP contribution < -0.4 is 0 Å². The van der Waals surface area contributed by atoms with Crippen LogP contribution in [-0.2, 0) is 0 Å². The maximum atomic E-state index is 14.2. The van der Waals surface area contributed by atoms with Gasteiger partial charge in [0.2, 0.25) is 0 Å². The molecule has 0 unspecified atom stereocenters. The van der Waals surface area contributed by atoms with Gasteiger partial charge in [0.1, 0.15) is 5.69 Å². The minimum absolute atomic E-state index is 0.0897. The average Bonchev–Trinajstić information content (AvgIpc) is 3.35. The van der Waals surface area contributed by atoms with E-state index in [9.17, 15) is 8.78 Å². The lowest BCUT2D eigenvalue weighted by atomic mass is 10.1. The molecule has 2 atom stereocenters. The Kier molecular flexibility index (Phi) is 3.89. The Morgan fingerprint density at radius 2 is 1.54 bits per heavy atom. The molecule has 0 bridgehead atoms. The number of halogens is 2. The molecular formula is C20H14F2N6. The summed E-state index contributed by atoms with van der Waals surface area (Å²) in [5, 5.41) is 4.00. The Morgan fingerprint density at radius 1 is 0.821 bits per heavy atom. The molecule has 8 heteroatoms. The van der Waals surface area contributed by atoms with Crippen molar-refractivity contribution in [2.45, 2.75) is 18.3 Å². The Balaban J connectivity index is 1.40. The molecule has 0 amide bonds. The summed E-state index contributed by atoms with van der Waals surface area (Å²) in [7, 11) is 0. The van der Waals surface area contributed by atoms with Crippen molar-refractivity contribution in [2.24, 2.45) is 0 Å². The number of nitrogens with zero attached hydrogens (tertiary/aromatic N) is 6. The summed E-state index contributed by atoms with van der Waals surface area (Å²) in [4.78, 5) is 17.0. The van der Waals surface area contributed by atoms with E-state index in [1.165, 1.54) is 16.9 Å². The van der Waals surface area contributed by atoms with Crippen LogP contribution in [0.4, 0.5) is 8.78 Å². The fraction of sp³-hybridized carbons (Fsp3) is 0.150. The van der Waals surface area contributed by atoms with E-state index in [-0.39, 0.29) is 17.5 Å². The number of hydrogen-bond acceptors (Lipinski definition) is 5. The Morgan fingerprint density at radius 3 is 2.25 bits per heavy atom. The minimum Gasteiger partial charge on any atom is -0.238 e. The Bertz CT molecular complexity index is 1110. The summed E-state index contributed by atoms with van der Waals surface area (Å²) in [5.41, 5.74) is 1.80. The fourth-order valence-corrected chi connectivity index (χ4v) is 3.38. The summed E-state index contributed by atoms with van der Waals surface area (Å²) >= 11 is 0. The smallest absolute Gasteiger partial charge is 0.197 e. The first kappa shape index (κ1) is 16.6. The monoisotopic (exact) mass is 376 g/mol. The largest absolute Gasteiger partial charge is 0.238 e. The molecule has 0 spiro atoms. The summed E-state index contributed by atoms with van der Waals surface area (Å²) < 4.78 is 29.7. The van der Waals surface area contributed by atoms with Gasteiger partial charge in [-0.15, -0.1) is 0 Å². The second kappa shape index (κ2) is 6.56. The van der Waals surface area contributed by atoms with Crippen molar-refractivity contribution in [1.29, 1.82) is 0 Å². The molecular weight excluding hydrogens is 362 g/mol. The maximum absolute atomic E-state index is 14.2. The molecule has 3 aromatic heterocycles. The zero-order chi connectivity index (χ0) is 19.1. The summed E-state index contributed by atoms with van der Waals surface area (Å²) in [6.07, 6.45) is 10.7. The highest BCUT2D eigenvalue weighted by molar-refractivity contribution is 5.45.